The van der Waals surface area contributed by atoms with Gasteiger partial charge >= 0.3 is 0 Å². The van der Waals surface area contributed by atoms with Gasteiger partial charge in [0.25, 0.3) is 5.91 Å². The third-order valence-electron chi connectivity index (χ3n) is 4.24. The summed E-state index contributed by atoms with van der Waals surface area (Å²) >= 11 is 0. The monoisotopic (exact) mass is 393 g/mol. The molecule has 0 heterocycles. The number of anilines is 1. The van der Waals surface area contributed by atoms with Crippen molar-refractivity contribution >= 4 is 27.2 Å². The highest BCUT2D eigenvalue weighted by atomic mass is 32.2. The predicted molar refractivity (Wildman–Crippen MR) is 109 cm³/mol. The molecule has 1 N–H and O–H groups in total. The van der Waals surface area contributed by atoms with E-state index in [1.807, 2.05) is 13.0 Å². The number of hydrogen-bond donors (Lipinski definition) is 1. The van der Waals surface area contributed by atoms with E-state index in [2.05, 4.69) is 5.32 Å². The van der Waals surface area contributed by atoms with Gasteiger partial charge in [0.15, 0.2) is 15.6 Å². The molecular formula is C22H19NO4S. The number of sulfone groups is 1. The van der Waals surface area contributed by atoms with E-state index < -0.39 is 15.7 Å². The number of carbonyl (C=O) groups is 2. The van der Waals surface area contributed by atoms with Crippen LogP contribution in [-0.4, -0.2) is 26.4 Å². The summed E-state index contributed by atoms with van der Waals surface area (Å²) < 4.78 is 24.0. The summed E-state index contributed by atoms with van der Waals surface area (Å²) in [4.78, 5) is 25.6. The lowest BCUT2D eigenvalue weighted by Crippen LogP contribution is -2.18. The fourth-order valence-electron chi connectivity index (χ4n) is 2.87. The lowest BCUT2D eigenvalue weighted by Gasteiger charge is -2.13. The lowest BCUT2D eigenvalue weighted by atomic mass is 9.99. The quantitative estimate of drug-likeness (QED) is 0.667. The number of nitrogens with one attached hydrogen (secondary N) is 1. The molecule has 142 valence electrons. The van der Waals surface area contributed by atoms with Gasteiger partial charge in [0.1, 0.15) is 0 Å². The molecule has 3 rings (SSSR count). The normalized spacial score (nSPS) is 11.1. The molecule has 5 nitrogen and oxygen atoms in total. The molecule has 0 bridgehead atoms. The Kier molecular flexibility index (Phi) is 5.42. The van der Waals surface area contributed by atoms with Gasteiger partial charge in [0.2, 0.25) is 0 Å². The van der Waals surface area contributed by atoms with Gasteiger partial charge in [-0.15, -0.1) is 0 Å². The van der Waals surface area contributed by atoms with Crippen molar-refractivity contribution in [3.63, 3.8) is 0 Å². The van der Waals surface area contributed by atoms with E-state index in [0.29, 0.717) is 16.8 Å². The second kappa shape index (κ2) is 7.78. The molecule has 3 aromatic carbocycles. The van der Waals surface area contributed by atoms with Crippen LogP contribution in [0.1, 0.15) is 31.8 Å². The summed E-state index contributed by atoms with van der Waals surface area (Å²) in [5, 5.41) is 2.69. The first-order valence-corrected chi connectivity index (χ1v) is 10.5. The maximum atomic E-state index is 12.9. The minimum atomic E-state index is -3.57. The highest BCUT2D eigenvalue weighted by Crippen LogP contribution is 2.23. The summed E-state index contributed by atoms with van der Waals surface area (Å²) in [6, 6.07) is 19.9. The Labute approximate surface area is 164 Å². The number of benzene rings is 3. The number of rotatable bonds is 5. The molecule has 0 aliphatic carbocycles. The number of amides is 1. The van der Waals surface area contributed by atoms with Crippen LogP contribution in [0.3, 0.4) is 0 Å². The van der Waals surface area contributed by atoms with Gasteiger partial charge in [-0.1, -0.05) is 54.1 Å². The highest BCUT2D eigenvalue weighted by molar-refractivity contribution is 7.90. The van der Waals surface area contributed by atoms with E-state index in [1.54, 1.807) is 54.6 Å². The molecule has 0 radical (unpaired) electrons. The van der Waals surface area contributed by atoms with Gasteiger partial charge in [0.05, 0.1) is 16.1 Å². The molecule has 0 fully saturated rings. The second-order valence-corrected chi connectivity index (χ2v) is 8.45. The number of carbonyl (C=O) groups excluding carboxylic acids is 2. The minimum absolute atomic E-state index is 0.0312. The van der Waals surface area contributed by atoms with Gasteiger partial charge in [-0.25, -0.2) is 8.42 Å². The maximum absolute atomic E-state index is 12.9. The van der Waals surface area contributed by atoms with Crippen molar-refractivity contribution in [3.05, 3.63) is 95.1 Å². The van der Waals surface area contributed by atoms with Crippen molar-refractivity contribution in [3.8, 4) is 0 Å². The van der Waals surface area contributed by atoms with Crippen LogP contribution in [0, 0.1) is 6.92 Å². The molecule has 0 aromatic heterocycles. The molecule has 0 unspecified atom stereocenters. The summed E-state index contributed by atoms with van der Waals surface area (Å²) in [7, 11) is -3.57. The fraction of sp³-hybridized carbons (Fsp3) is 0.0909. The van der Waals surface area contributed by atoms with Crippen LogP contribution in [0.5, 0.6) is 0 Å². The average molecular weight is 393 g/mol. The zero-order chi connectivity index (χ0) is 20.3. The van der Waals surface area contributed by atoms with Crippen LogP contribution >= 0.6 is 0 Å². The highest BCUT2D eigenvalue weighted by Gasteiger charge is 2.20. The third-order valence-corrected chi connectivity index (χ3v) is 5.39. The van der Waals surface area contributed by atoms with Crippen molar-refractivity contribution in [1.29, 1.82) is 0 Å². The van der Waals surface area contributed by atoms with E-state index in [4.69, 9.17) is 0 Å². The van der Waals surface area contributed by atoms with Gasteiger partial charge < -0.3 is 5.32 Å². The molecule has 28 heavy (non-hydrogen) atoms. The predicted octanol–water partition coefficient (Wildman–Crippen LogP) is 3.88. The molecule has 3 aromatic rings. The first-order valence-electron chi connectivity index (χ1n) is 8.58. The van der Waals surface area contributed by atoms with Crippen LogP contribution in [0.4, 0.5) is 5.69 Å². The van der Waals surface area contributed by atoms with E-state index in [-0.39, 0.29) is 16.2 Å². The molecule has 0 saturated heterocycles. The van der Waals surface area contributed by atoms with E-state index in [0.717, 1.165) is 11.8 Å². The third kappa shape index (κ3) is 4.18. The van der Waals surface area contributed by atoms with Crippen molar-refractivity contribution in [2.45, 2.75) is 11.8 Å². The Morgan fingerprint density at radius 1 is 0.821 bits per heavy atom. The van der Waals surface area contributed by atoms with Crippen LogP contribution < -0.4 is 5.32 Å². The van der Waals surface area contributed by atoms with Crippen molar-refractivity contribution in [2.75, 3.05) is 11.6 Å². The topological polar surface area (TPSA) is 80.3 Å². The van der Waals surface area contributed by atoms with Crippen molar-refractivity contribution in [2.24, 2.45) is 0 Å². The van der Waals surface area contributed by atoms with Crippen LogP contribution in [0.15, 0.2) is 77.7 Å². The van der Waals surface area contributed by atoms with Crippen molar-refractivity contribution < 1.29 is 18.0 Å². The van der Waals surface area contributed by atoms with Gasteiger partial charge in [-0.3, -0.25) is 9.59 Å². The number of aryl methyl sites for hydroxylation is 1. The Morgan fingerprint density at radius 3 is 2.14 bits per heavy atom. The first-order chi connectivity index (χ1) is 13.3. The Hall–Kier alpha value is -3.25. The number of ketones is 1. The van der Waals surface area contributed by atoms with Crippen molar-refractivity contribution in [1.82, 2.24) is 0 Å². The molecule has 1 amide bonds. The fourth-order valence-corrected chi connectivity index (χ4v) is 3.75. The zero-order valence-corrected chi connectivity index (χ0v) is 16.3. The van der Waals surface area contributed by atoms with E-state index >= 15 is 0 Å². The van der Waals surface area contributed by atoms with E-state index in [9.17, 15) is 18.0 Å². The molecule has 0 saturated carbocycles. The summed E-state index contributed by atoms with van der Waals surface area (Å²) in [6.07, 6.45) is 1.05. The zero-order valence-electron chi connectivity index (χ0n) is 15.5. The smallest absolute Gasteiger partial charge is 0.257 e. The molecule has 0 atom stereocenters. The Balaban J connectivity index is 2.01. The Morgan fingerprint density at radius 2 is 1.46 bits per heavy atom. The molecule has 6 heteroatoms. The molecule has 0 aliphatic rings. The Bertz CT molecular complexity index is 1150. The molecular weight excluding hydrogens is 374 g/mol. The molecule has 0 spiro atoms. The standard InChI is InChI=1S/C22H19NO4S/c1-15-12-13-19(18(14-15)21(24)16-8-4-3-5-9-16)23-22(25)17-10-6-7-11-20(17)28(2,26)27/h3-14H,1-2H3,(H,23,25). The maximum Gasteiger partial charge on any atom is 0.257 e. The van der Waals surface area contributed by atoms with Crippen LogP contribution in [0.2, 0.25) is 0 Å². The van der Waals surface area contributed by atoms with Gasteiger partial charge in [0, 0.05) is 17.4 Å². The summed E-state index contributed by atoms with van der Waals surface area (Å²) in [5.74, 6) is -0.817. The minimum Gasteiger partial charge on any atom is -0.321 e. The lowest BCUT2D eigenvalue weighted by molar-refractivity contribution is 0.102. The van der Waals surface area contributed by atoms with Crippen LogP contribution in [-0.2, 0) is 9.84 Å². The molecule has 0 aliphatic heterocycles. The van der Waals surface area contributed by atoms with E-state index in [1.165, 1.54) is 12.1 Å². The largest absolute Gasteiger partial charge is 0.321 e. The van der Waals surface area contributed by atoms with Gasteiger partial charge in [-0.05, 0) is 31.2 Å². The van der Waals surface area contributed by atoms with Crippen LogP contribution in [0.25, 0.3) is 0 Å². The summed E-state index contributed by atoms with van der Waals surface area (Å²) in [6.45, 7) is 1.85. The van der Waals surface area contributed by atoms with Gasteiger partial charge in [-0.2, -0.15) is 0 Å². The average Bonchev–Trinajstić information content (AvgIpc) is 2.68. The second-order valence-electron chi connectivity index (χ2n) is 6.47. The number of hydrogen-bond acceptors (Lipinski definition) is 4. The SMILES string of the molecule is Cc1ccc(NC(=O)c2ccccc2S(C)(=O)=O)c(C(=O)c2ccccc2)c1. The summed E-state index contributed by atoms with van der Waals surface area (Å²) in [5.41, 5.74) is 2.07. The first kappa shape index (κ1) is 19.5.